The van der Waals surface area contributed by atoms with Gasteiger partial charge in [-0.15, -0.1) is 0 Å². The van der Waals surface area contributed by atoms with E-state index in [-0.39, 0.29) is 0 Å². The van der Waals surface area contributed by atoms with E-state index in [1.165, 1.54) is 44.9 Å². The Labute approximate surface area is 232 Å². The number of hydrogen-bond acceptors (Lipinski definition) is 2. The second-order valence-corrected chi connectivity index (χ2v) is 10.2. The van der Waals surface area contributed by atoms with Crippen LogP contribution in [0.25, 0.3) is 16.7 Å². The molecule has 1 heterocycles. The maximum atomic E-state index is 2.55. The van der Waals surface area contributed by atoms with Crippen molar-refractivity contribution in [3.63, 3.8) is 0 Å². The predicted molar refractivity (Wildman–Crippen MR) is 168 cm³/mol. The minimum absolute atomic E-state index is 0.300. The third-order valence-electron chi connectivity index (χ3n) is 7.69. The van der Waals surface area contributed by atoms with Gasteiger partial charge >= 0.3 is 0 Å². The topological polar surface area (TPSA) is 6.48 Å². The number of nitrogens with zero attached hydrogens (tertiary/aromatic N) is 2. The molecule has 0 spiro atoms. The minimum atomic E-state index is 0.300. The Bertz CT molecular complexity index is 1560. The van der Waals surface area contributed by atoms with Crippen molar-refractivity contribution >= 4 is 22.6 Å². The lowest BCUT2D eigenvalue weighted by Gasteiger charge is -2.34. The van der Waals surface area contributed by atoms with E-state index < -0.39 is 0 Å². The number of rotatable bonds is 5. The summed E-state index contributed by atoms with van der Waals surface area (Å²) in [5.74, 6) is 0. The summed E-state index contributed by atoms with van der Waals surface area (Å²) >= 11 is 0. The molecule has 1 aliphatic heterocycles. The monoisotopic (exact) mass is 506 g/mol. The highest BCUT2D eigenvalue weighted by Crippen LogP contribution is 2.36. The third kappa shape index (κ3) is 5.37. The van der Waals surface area contributed by atoms with Crippen LogP contribution in [0.4, 0.5) is 17.1 Å². The van der Waals surface area contributed by atoms with Gasteiger partial charge in [-0.25, -0.2) is 0 Å². The van der Waals surface area contributed by atoms with Crippen molar-refractivity contribution in [3.8, 4) is 11.1 Å². The van der Waals surface area contributed by atoms with Crippen molar-refractivity contribution in [2.45, 2.75) is 18.9 Å². The molecule has 192 valence electrons. The van der Waals surface area contributed by atoms with Crippen molar-refractivity contribution in [2.75, 3.05) is 23.4 Å². The first-order valence-electron chi connectivity index (χ1n) is 13.8. The predicted octanol–water partition coefficient (Wildman–Crippen LogP) is 9.01. The van der Waals surface area contributed by atoms with Crippen LogP contribution < -0.4 is 9.80 Å². The number of benzene rings is 4. The van der Waals surface area contributed by atoms with E-state index in [2.05, 4.69) is 163 Å². The Morgan fingerprint density at radius 1 is 0.718 bits per heavy atom. The van der Waals surface area contributed by atoms with E-state index in [0.29, 0.717) is 6.04 Å². The van der Waals surface area contributed by atoms with Gasteiger partial charge in [0.05, 0.1) is 6.04 Å². The standard InChI is InChI=1S/C37H34N2/c1-38(37-25-11-9-23-35(37)29-15-6-4-7-16-29)33-21-13-19-31(27-33)32-20-14-22-34(28-32)39-26-12-3-2-5-17-30-18-8-10-24-36(30)39/h2-16,18-21,23-25,27-28,34H,17,22,26H2,1H3/b5-2-,12-3-. The molecule has 2 heteroatoms. The molecule has 1 atom stereocenters. The molecule has 0 aromatic heterocycles. The van der Waals surface area contributed by atoms with E-state index in [0.717, 1.165) is 19.4 Å². The number of anilines is 3. The summed E-state index contributed by atoms with van der Waals surface area (Å²) in [6.45, 7) is 0.892. The van der Waals surface area contributed by atoms with Gasteiger partial charge in [-0.05, 0) is 59.4 Å². The molecule has 6 rings (SSSR count). The van der Waals surface area contributed by atoms with E-state index in [1.54, 1.807) is 0 Å². The lowest BCUT2D eigenvalue weighted by molar-refractivity contribution is 0.723. The molecule has 39 heavy (non-hydrogen) atoms. The minimum Gasteiger partial charge on any atom is -0.361 e. The molecule has 0 saturated carbocycles. The molecular weight excluding hydrogens is 472 g/mol. The van der Waals surface area contributed by atoms with Gasteiger partial charge in [-0.2, -0.15) is 0 Å². The average molecular weight is 507 g/mol. The molecule has 1 unspecified atom stereocenters. The average Bonchev–Trinajstić information content (AvgIpc) is 3.12. The summed E-state index contributed by atoms with van der Waals surface area (Å²) in [7, 11) is 2.16. The first kappa shape index (κ1) is 24.8. The molecule has 2 nitrogen and oxygen atoms in total. The highest BCUT2D eigenvalue weighted by Gasteiger charge is 2.21. The van der Waals surface area contributed by atoms with Gasteiger partial charge in [0.15, 0.2) is 0 Å². The van der Waals surface area contributed by atoms with Crippen LogP contribution in [-0.4, -0.2) is 19.6 Å². The van der Waals surface area contributed by atoms with Crippen molar-refractivity contribution in [1.29, 1.82) is 0 Å². The van der Waals surface area contributed by atoms with E-state index in [9.17, 15) is 0 Å². The van der Waals surface area contributed by atoms with Gasteiger partial charge in [-0.1, -0.05) is 121 Å². The Morgan fingerprint density at radius 3 is 2.41 bits per heavy atom. The molecule has 4 aromatic rings. The number of hydrogen-bond donors (Lipinski definition) is 0. The van der Waals surface area contributed by atoms with Crippen LogP contribution in [0, 0.1) is 0 Å². The van der Waals surface area contributed by atoms with E-state index in [1.807, 2.05) is 0 Å². The fourth-order valence-corrected chi connectivity index (χ4v) is 5.64. The quantitative estimate of drug-likeness (QED) is 0.266. The third-order valence-corrected chi connectivity index (χ3v) is 7.69. The van der Waals surface area contributed by atoms with Gasteiger partial charge < -0.3 is 9.80 Å². The zero-order valence-electron chi connectivity index (χ0n) is 22.4. The van der Waals surface area contributed by atoms with E-state index >= 15 is 0 Å². The van der Waals surface area contributed by atoms with Crippen molar-refractivity contribution in [3.05, 3.63) is 157 Å². The highest BCUT2D eigenvalue weighted by atomic mass is 15.2. The summed E-state index contributed by atoms with van der Waals surface area (Å²) in [4.78, 5) is 4.85. The van der Waals surface area contributed by atoms with Gasteiger partial charge in [0.1, 0.15) is 0 Å². The van der Waals surface area contributed by atoms with Crippen molar-refractivity contribution in [1.82, 2.24) is 0 Å². The summed E-state index contributed by atoms with van der Waals surface area (Å²) in [5, 5.41) is 0. The lowest BCUT2D eigenvalue weighted by atomic mass is 9.94. The van der Waals surface area contributed by atoms with Gasteiger partial charge in [0.25, 0.3) is 0 Å². The first-order chi connectivity index (χ1) is 19.3. The van der Waals surface area contributed by atoms with Crippen molar-refractivity contribution < 1.29 is 0 Å². The molecule has 0 N–H and O–H groups in total. The molecule has 0 radical (unpaired) electrons. The smallest absolute Gasteiger partial charge is 0.0520 e. The number of allylic oxidation sites excluding steroid dienone is 5. The molecule has 1 aliphatic carbocycles. The van der Waals surface area contributed by atoms with Crippen LogP contribution in [0.15, 0.2) is 146 Å². The fourth-order valence-electron chi connectivity index (χ4n) is 5.64. The second kappa shape index (κ2) is 11.4. The Balaban J connectivity index is 1.32. The van der Waals surface area contributed by atoms with Gasteiger partial charge in [0, 0.05) is 36.2 Å². The lowest BCUT2D eigenvalue weighted by Crippen LogP contribution is -2.35. The molecule has 0 fully saturated rings. The maximum absolute atomic E-state index is 2.55. The molecule has 0 bridgehead atoms. The molecular formula is C37H34N2. The number of fused-ring (bicyclic) bond motifs is 1. The van der Waals surface area contributed by atoms with Crippen LogP contribution in [0.2, 0.25) is 0 Å². The van der Waals surface area contributed by atoms with Gasteiger partial charge in [-0.3, -0.25) is 0 Å². The fraction of sp³-hybridized carbons (Fsp3) is 0.135. The zero-order valence-corrected chi connectivity index (χ0v) is 22.4. The van der Waals surface area contributed by atoms with Crippen LogP contribution in [0.3, 0.4) is 0 Å². The highest BCUT2D eigenvalue weighted by molar-refractivity contribution is 5.84. The van der Waals surface area contributed by atoms with Crippen molar-refractivity contribution in [2.24, 2.45) is 0 Å². The maximum Gasteiger partial charge on any atom is 0.0520 e. The summed E-state index contributed by atoms with van der Waals surface area (Å²) in [5.41, 5.74) is 10.1. The van der Waals surface area contributed by atoms with Crippen LogP contribution in [0.5, 0.6) is 0 Å². The summed E-state index contributed by atoms with van der Waals surface area (Å²) < 4.78 is 0. The molecule has 0 amide bonds. The van der Waals surface area contributed by atoms with Gasteiger partial charge in [0.2, 0.25) is 0 Å². The Morgan fingerprint density at radius 2 is 1.49 bits per heavy atom. The molecule has 2 aliphatic rings. The zero-order chi connectivity index (χ0) is 26.4. The van der Waals surface area contributed by atoms with E-state index in [4.69, 9.17) is 0 Å². The normalized spacial score (nSPS) is 18.2. The Kier molecular flexibility index (Phi) is 7.27. The summed E-state index contributed by atoms with van der Waals surface area (Å²) in [6, 6.07) is 37.3. The van der Waals surface area contributed by atoms with Crippen LogP contribution >= 0.6 is 0 Å². The first-order valence-corrected chi connectivity index (χ1v) is 13.8. The second-order valence-electron chi connectivity index (χ2n) is 10.2. The SMILES string of the molecule is CN(c1cccc(C2=CC(N3C/C=C\C=C/Cc4ccccc43)CC=C2)c1)c1ccccc1-c1ccccc1. The van der Waals surface area contributed by atoms with Crippen LogP contribution in [0.1, 0.15) is 17.5 Å². The number of para-hydroxylation sites is 2. The molecule has 4 aromatic carbocycles. The van der Waals surface area contributed by atoms with Crippen LogP contribution in [-0.2, 0) is 6.42 Å². The summed E-state index contributed by atoms with van der Waals surface area (Å²) in [6.07, 6.45) is 17.9. The Hall–Kier alpha value is -4.56. The largest absolute Gasteiger partial charge is 0.361 e. The molecule has 0 saturated heterocycles.